The zero-order valence-electron chi connectivity index (χ0n) is 10.6. The molecule has 0 spiro atoms. The molecule has 1 aromatic heterocycles. The van der Waals surface area contributed by atoms with E-state index in [-0.39, 0.29) is 5.91 Å². The Morgan fingerprint density at radius 1 is 1.44 bits per heavy atom. The van der Waals surface area contributed by atoms with Crippen molar-refractivity contribution >= 4 is 5.91 Å². The summed E-state index contributed by atoms with van der Waals surface area (Å²) in [4.78, 5) is 15.6. The van der Waals surface area contributed by atoms with Crippen LogP contribution < -0.4 is 5.32 Å². The van der Waals surface area contributed by atoms with Crippen LogP contribution in [-0.2, 0) is 11.3 Å². The second-order valence-corrected chi connectivity index (χ2v) is 5.11. The number of hydrogen-bond acceptors (Lipinski definition) is 3. The molecule has 0 radical (unpaired) electrons. The Hall–Kier alpha value is -1.36. The minimum Gasteiger partial charge on any atom is -0.388 e. The summed E-state index contributed by atoms with van der Waals surface area (Å²) in [6, 6.07) is 0. The number of aliphatic hydroxyl groups is 1. The number of aromatic nitrogens is 2. The standard InChI is InChI=1S/C13H21N3O2/c17-12(4-3-8-16-9-7-14-11-16)15-10-13(18)5-1-2-6-13/h7,9,11,18H,1-6,8,10H2,(H,15,17). The lowest BCUT2D eigenvalue weighted by molar-refractivity contribution is -0.122. The van der Waals surface area contributed by atoms with E-state index in [4.69, 9.17) is 0 Å². The maximum Gasteiger partial charge on any atom is 0.220 e. The van der Waals surface area contributed by atoms with Crippen LogP contribution in [-0.4, -0.2) is 32.7 Å². The number of carbonyl (C=O) groups is 1. The Morgan fingerprint density at radius 2 is 2.22 bits per heavy atom. The number of carbonyl (C=O) groups excluding carboxylic acids is 1. The van der Waals surface area contributed by atoms with Crippen LogP contribution in [0.2, 0.25) is 0 Å². The fraction of sp³-hybridized carbons (Fsp3) is 0.692. The van der Waals surface area contributed by atoms with Gasteiger partial charge < -0.3 is 15.0 Å². The zero-order valence-corrected chi connectivity index (χ0v) is 10.6. The Morgan fingerprint density at radius 3 is 2.89 bits per heavy atom. The fourth-order valence-corrected chi connectivity index (χ4v) is 2.40. The second-order valence-electron chi connectivity index (χ2n) is 5.11. The van der Waals surface area contributed by atoms with E-state index in [1.54, 1.807) is 12.5 Å². The van der Waals surface area contributed by atoms with Crippen LogP contribution in [0.3, 0.4) is 0 Å². The Labute approximate surface area is 107 Å². The van der Waals surface area contributed by atoms with E-state index in [0.717, 1.165) is 38.6 Å². The van der Waals surface area contributed by atoms with E-state index in [1.807, 2.05) is 10.8 Å². The van der Waals surface area contributed by atoms with Gasteiger partial charge in [-0.1, -0.05) is 12.8 Å². The summed E-state index contributed by atoms with van der Waals surface area (Å²) in [5.74, 6) is 0.0236. The molecule has 1 aromatic rings. The number of aryl methyl sites for hydroxylation is 1. The number of imidazole rings is 1. The third kappa shape index (κ3) is 3.84. The number of rotatable bonds is 6. The molecule has 1 aliphatic carbocycles. The van der Waals surface area contributed by atoms with Gasteiger partial charge in [0.2, 0.25) is 5.91 Å². The molecule has 1 fully saturated rings. The van der Waals surface area contributed by atoms with Crippen LogP contribution in [0.1, 0.15) is 38.5 Å². The first-order valence-corrected chi connectivity index (χ1v) is 6.63. The van der Waals surface area contributed by atoms with Gasteiger partial charge in [-0.15, -0.1) is 0 Å². The monoisotopic (exact) mass is 251 g/mol. The predicted molar refractivity (Wildman–Crippen MR) is 67.9 cm³/mol. The van der Waals surface area contributed by atoms with E-state index < -0.39 is 5.60 Å². The van der Waals surface area contributed by atoms with Gasteiger partial charge in [-0.25, -0.2) is 4.98 Å². The highest BCUT2D eigenvalue weighted by Crippen LogP contribution is 2.28. The van der Waals surface area contributed by atoms with Crippen molar-refractivity contribution in [3.63, 3.8) is 0 Å². The quantitative estimate of drug-likeness (QED) is 0.795. The zero-order chi connectivity index (χ0) is 12.8. The maximum absolute atomic E-state index is 11.6. The molecule has 0 saturated heterocycles. The topological polar surface area (TPSA) is 67.2 Å². The van der Waals surface area contributed by atoms with Gasteiger partial charge in [0.05, 0.1) is 11.9 Å². The minimum atomic E-state index is -0.653. The number of hydrogen-bond donors (Lipinski definition) is 2. The predicted octanol–water partition coefficient (Wildman–Crippen LogP) is 1.08. The van der Waals surface area contributed by atoms with Crippen molar-refractivity contribution in [1.29, 1.82) is 0 Å². The van der Waals surface area contributed by atoms with E-state index >= 15 is 0 Å². The SMILES string of the molecule is O=C(CCCn1ccnc1)NCC1(O)CCCC1. The molecule has 5 nitrogen and oxygen atoms in total. The van der Waals surface area contributed by atoms with Gasteiger partial charge in [0, 0.05) is 31.9 Å². The minimum absolute atomic E-state index is 0.0236. The molecule has 1 amide bonds. The van der Waals surface area contributed by atoms with Crippen LogP contribution in [0.25, 0.3) is 0 Å². The Balaban J connectivity index is 1.60. The smallest absolute Gasteiger partial charge is 0.220 e. The maximum atomic E-state index is 11.6. The largest absolute Gasteiger partial charge is 0.388 e. The lowest BCUT2D eigenvalue weighted by Gasteiger charge is -2.22. The summed E-state index contributed by atoms with van der Waals surface area (Å²) in [5.41, 5.74) is -0.653. The van der Waals surface area contributed by atoms with Gasteiger partial charge in [0.15, 0.2) is 0 Å². The van der Waals surface area contributed by atoms with Crippen molar-refractivity contribution in [2.75, 3.05) is 6.54 Å². The fourth-order valence-electron chi connectivity index (χ4n) is 2.40. The van der Waals surface area contributed by atoms with Gasteiger partial charge in [-0.05, 0) is 19.3 Å². The number of amides is 1. The molecular weight excluding hydrogens is 230 g/mol. The van der Waals surface area contributed by atoms with E-state index in [0.29, 0.717) is 13.0 Å². The molecule has 2 N–H and O–H groups in total. The molecular formula is C13H21N3O2. The van der Waals surface area contributed by atoms with Crippen molar-refractivity contribution in [1.82, 2.24) is 14.9 Å². The second kappa shape index (κ2) is 6.00. The highest BCUT2D eigenvalue weighted by atomic mass is 16.3. The Kier molecular flexibility index (Phi) is 4.36. The molecule has 18 heavy (non-hydrogen) atoms. The van der Waals surface area contributed by atoms with Crippen LogP contribution in [0, 0.1) is 0 Å². The molecule has 0 atom stereocenters. The normalized spacial score (nSPS) is 17.8. The molecule has 1 aliphatic rings. The van der Waals surface area contributed by atoms with Gasteiger partial charge >= 0.3 is 0 Å². The first kappa shape index (κ1) is 13.1. The molecule has 0 aliphatic heterocycles. The van der Waals surface area contributed by atoms with Gasteiger partial charge in [0.1, 0.15) is 0 Å². The van der Waals surface area contributed by atoms with Gasteiger partial charge in [-0.2, -0.15) is 0 Å². The third-order valence-corrected chi connectivity index (χ3v) is 3.53. The molecule has 5 heteroatoms. The van der Waals surface area contributed by atoms with Crippen LogP contribution in [0.4, 0.5) is 0 Å². The van der Waals surface area contributed by atoms with E-state index in [2.05, 4.69) is 10.3 Å². The third-order valence-electron chi connectivity index (χ3n) is 3.53. The lowest BCUT2D eigenvalue weighted by Crippen LogP contribution is -2.40. The van der Waals surface area contributed by atoms with Crippen LogP contribution >= 0.6 is 0 Å². The van der Waals surface area contributed by atoms with Crippen molar-refractivity contribution in [3.05, 3.63) is 18.7 Å². The molecule has 0 unspecified atom stereocenters. The highest BCUT2D eigenvalue weighted by Gasteiger charge is 2.31. The number of nitrogens with zero attached hydrogens (tertiary/aromatic N) is 2. The van der Waals surface area contributed by atoms with E-state index in [1.165, 1.54) is 0 Å². The summed E-state index contributed by atoms with van der Waals surface area (Å²) >= 11 is 0. The summed E-state index contributed by atoms with van der Waals surface area (Å²) in [6.07, 6.45) is 10.4. The number of nitrogens with one attached hydrogen (secondary N) is 1. The summed E-state index contributed by atoms with van der Waals surface area (Å²) < 4.78 is 1.96. The van der Waals surface area contributed by atoms with Crippen molar-refractivity contribution in [2.24, 2.45) is 0 Å². The first-order valence-electron chi connectivity index (χ1n) is 6.63. The molecule has 0 aromatic carbocycles. The van der Waals surface area contributed by atoms with E-state index in [9.17, 15) is 9.90 Å². The molecule has 1 heterocycles. The van der Waals surface area contributed by atoms with Crippen LogP contribution in [0.5, 0.6) is 0 Å². The molecule has 100 valence electrons. The molecule has 0 bridgehead atoms. The van der Waals surface area contributed by atoms with Crippen LogP contribution in [0.15, 0.2) is 18.7 Å². The Bertz CT molecular complexity index is 370. The van der Waals surface area contributed by atoms with Gasteiger partial charge in [0.25, 0.3) is 0 Å². The summed E-state index contributed by atoms with van der Waals surface area (Å²) in [6.45, 7) is 1.20. The highest BCUT2D eigenvalue weighted by molar-refractivity contribution is 5.75. The van der Waals surface area contributed by atoms with Crippen molar-refractivity contribution in [3.8, 4) is 0 Å². The first-order chi connectivity index (χ1) is 8.68. The lowest BCUT2D eigenvalue weighted by atomic mass is 10.0. The summed E-state index contributed by atoms with van der Waals surface area (Å²) in [7, 11) is 0. The average Bonchev–Trinajstić information content (AvgIpc) is 2.99. The van der Waals surface area contributed by atoms with Crippen molar-refractivity contribution < 1.29 is 9.90 Å². The molecule has 2 rings (SSSR count). The van der Waals surface area contributed by atoms with Crippen molar-refractivity contribution in [2.45, 2.75) is 50.7 Å². The molecule has 1 saturated carbocycles. The van der Waals surface area contributed by atoms with Gasteiger partial charge in [-0.3, -0.25) is 4.79 Å². The average molecular weight is 251 g/mol. The summed E-state index contributed by atoms with van der Waals surface area (Å²) in [5, 5.41) is 12.9.